The Morgan fingerprint density at radius 2 is 1.21 bits per heavy atom. The van der Waals surface area contributed by atoms with E-state index < -0.39 is 0 Å². The second-order valence-corrected chi connectivity index (χ2v) is 4.24. The van der Waals surface area contributed by atoms with Crippen molar-refractivity contribution in [2.45, 2.75) is 70.5 Å². The predicted molar refractivity (Wildman–Crippen MR) is 63.0 cm³/mol. The van der Waals surface area contributed by atoms with E-state index in [1.165, 1.54) is 0 Å². The fourth-order valence-electron chi connectivity index (χ4n) is 1.68. The van der Waals surface area contributed by atoms with Crippen LogP contribution < -0.4 is 17.2 Å². The van der Waals surface area contributed by atoms with Crippen molar-refractivity contribution in [1.82, 2.24) is 0 Å². The molecule has 3 nitrogen and oxygen atoms in total. The van der Waals surface area contributed by atoms with E-state index in [-0.39, 0.29) is 12.1 Å². The highest BCUT2D eigenvalue weighted by Gasteiger charge is 2.13. The van der Waals surface area contributed by atoms with E-state index in [0.717, 1.165) is 38.5 Å². The first-order valence-corrected chi connectivity index (χ1v) is 5.88. The van der Waals surface area contributed by atoms with Gasteiger partial charge < -0.3 is 17.2 Å². The first-order chi connectivity index (χ1) is 6.61. The molecule has 0 fully saturated rings. The molecular weight excluding hydrogens is 174 g/mol. The Morgan fingerprint density at radius 3 is 1.71 bits per heavy atom. The summed E-state index contributed by atoms with van der Waals surface area (Å²) in [5.74, 6) is 0. The molecule has 0 aromatic rings. The Balaban J connectivity index is 3.56. The summed E-state index contributed by atoms with van der Waals surface area (Å²) in [6.07, 6.45) is 6.34. The third-order valence-corrected chi connectivity index (χ3v) is 2.70. The summed E-state index contributed by atoms with van der Waals surface area (Å²) in [5, 5.41) is 0. The Hall–Kier alpha value is -0.120. The second-order valence-electron chi connectivity index (χ2n) is 4.24. The van der Waals surface area contributed by atoms with Crippen LogP contribution in [0, 0.1) is 0 Å². The van der Waals surface area contributed by atoms with Crippen LogP contribution in [0.15, 0.2) is 0 Å². The van der Waals surface area contributed by atoms with E-state index in [4.69, 9.17) is 17.2 Å². The van der Waals surface area contributed by atoms with Crippen LogP contribution in [0.1, 0.15) is 52.4 Å². The average Bonchev–Trinajstić information content (AvgIpc) is 2.15. The van der Waals surface area contributed by atoms with Crippen LogP contribution in [0.2, 0.25) is 0 Å². The van der Waals surface area contributed by atoms with Crippen molar-refractivity contribution in [2.75, 3.05) is 0 Å². The normalized spacial score (nSPS) is 17.8. The lowest BCUT2D eigenvalue weighted by atomic mass is 9.97. The summed E-state index contributed by atoms with van der Waals surface area (Å²) in [6.45, 7) is 4.29. The van der Waals surface area contributed by atoms with Crippen LogP contribution in [-0.4, -0.2) is 18.1 Å². The number of nitrogens with two attached hydrogens (primary N) is 3. The molecule has 0 heterocycles. The van der Waals surface area contributed by atoms with Gasteiger partial charge in [-0.2, -0.15) is 0 Å². The van der Waals surface area contributed by atoms with Gasteiger partial charge in [0.2, 0.25) is 0 Å². The van der Waals surface area contributed by atoms with Crippen molar-refractivity contribution in [3.63, 3.8) is 0 Å². The van der Waals surface area contributed by atoms with E-state index in [1.807, 2.05) is 0 Å². The van der Waals surface area contributed by atoms with Gasteiger partial charge in [0, 0.05) is 18.1 Å². The lowest BCUT2D eigenvalue weighted by Gasteiger charge is -2.20. The van der Waals surface area contributed by atoms with Gasteiger partial charge in [-0.1, -0.05) is 26.7 Å². The molecule has 0 aliphatic heterocycles. The highest BCUT2D eigenvalue weighted by molar-refractivity contribution is 4.77. The van der Waals surface area contributed by atoms with Crippen LogP contribution in [0.5, 0.6) is 0 Å². The van der Waals surface area contributed by atoms with Gasteiger partial charge in [-0.15, -0.1) is 0 Å². The molecule has 0 aliphatic rings. The maximum atomic E-state index is 5.97. The van der Waals surface area contributed by atoms with Crippen LogP contribution in [0.3, 0.4) is 0 Å². The van der Waals surface area contributed by atoms with Crippen molar-refractivity contribution in [3.05, 3.63) is 0 Å². The molecule has 3 atom stereocenters. The second kappa shape index (κ2) is 8.21. The summed E-state index contributed by atoms with van der Waals surface area (Å²) in [6, 6.07) is 0.576. The van der Waals surface area contributed by atoms with Crippen molar-refractivity contribution >= 4 is 0 Å². The zero-order valence-corrected chi connectivity index (χ0v) is 9.71. The molecule has 0 rings (SSSR count). The Bertz CT molecular complexity index is 128. The monoisotopic (exact) mass is 201 g/mol. The van der Waals surface area contributed by atoms with E-state index in [2.05, 4.69) is 13.8 Å². The minimum Gasteiger partial charge on any atom is -0.328 e. The van der Waals surface area contributed by atoms with E-state index >= 15 is 0 Å². The van der Waals surface area contributed by atoms with Crippen molar-refractivity contribution < 1.29 is 0 Å². The van der Waals surface area contributed by atoms with Crippen LogP contribution >= 0.6 is 0 Å². The van der Waals surface area contributed by atoms with Gasteiger partial charge in [0.1, 0.15) is 0 Å². The predicted octanol–water partition coefficient (Wildman–Crippen LogP) is 1.35. The maximum Gasteiger partial charge on any atom is 0.0192 e. The summed E-state index contributed by atoms with van der Waals surface area (Å²) in [4.78, 5) is 0. The first kappa shape index (κ1) is 13.9. The summed E-state index contributed by atoms with van der Waals surface area (Å²) in [5.41, 5.74) is 17.8. The molecule has 86 valence electrons. The number of hydrogen-bond donors (Lipinski definition) is 3. The quantitative estimate of drug-likeness (QED) is 0.554. The third kappa shape index (κ3) is 6.35. The molecular formula is C11H27N3. The van der Waals surface area contributed by atoms with Crippen LogP contribution in [-0.2, 0) is 0 Å². The van der Waals surface area contributed by atoms with Crippen LogP contribution in [0.25, 0.3) is 0 Å². The summed E-state index contributed by atoms with van der Waals surface area (Å²) >= 11 is 0. The zero-order chi connectivity index (χ0) is 11.0. The fourth-order valence-corrected chi connectivity index (χ4v) is 1.68. The van der Waals surface area contributed by atoms with Gasteiger partial charge in [-0.3, -0.25) is 0 Å². The molecule has 0 aromatic heterocycles. The minimum absolute atomic E-state index is 0.123. The highest BCUT2D eigenvalue weighted by atomic mass is 14.8. The van der Waals surface area contributed by atoms with E-state index in [1.54, 1.807) is 0 Å². The average molecular weight is 201 g/mol. The number of rotatable bonds is 8. The zero-order valence-electron chi connectivity index (χ0n) is 9.71. The fraction of sp³-hybridized carbons (Fsp3) is 1.00. The molecule has 0 saturated carbocycles. The topological polar surface area (TPSA) is 78.1 Å². The Morgan fingerprint density at radius 1 is 0.714 bits per heavy atom. The molecule has 0 aliphatic carbocycles. The van der Waals surface area contributed by atoms with E-state index in [0.29, 0.717) is 6.04 Å². The van der Waals surface area contributed by atoms with Crippen molar-refractivity contribution in [1.29, 1.82) is 0 Å². The van der Waals surface area contributed by atoms with Gasteiger partial charge in [0.05, 0.1) is 0 Å². The summed E-state index contributed by atoms with van der Waals surface area (Å²) in [7, 11) is 0. The van der Waals surface area contributed by atoms with Crippen molar-refractivity contribution in [3.8, 4) is 0 Å². The molecule has 3 heteroatoms. The smallest absolute Gasteiger partial charge is 0.0192 e. The standard InChI is InChI=1S/C11H27N3/c1-3-5-9(12)7-8-11(14)10(13)6-4-2/h9-11H,3-8,12-14H2,1-2H3. The molecule has 3 unspecified atom stereocenters. The van der Waals surface area contributed by atoms with Gasteiger partial charge in [-0.25, -0.2) is 0 Å². The third-order valence-electron chi connectivity index (χ3n) is 2.70. The lowest BCUT2D eigenvalue weighted by molar-refractivity contribution is 0.426. The Kier molecular flexibility index (Phi) is 8.14. The maximum absolute atomic E-state index is 5.97. The highest BCUT2D eigenvalue weighted by Crippen LogP contribution is 2.07. The molecule has 0 amide bonds. The molecule has 14 heavy (non-hydrogen) atoms. The first-order valence-electron chi connectivity index (χ1n) is 5.88. The van der Waals surface area contributed by atoms with Gasteiger partial charge in [0.15, 0.2) is 0 Å². The molecule has 0 spiro atoms. The minimum atomic E-state index is 0.123. The van der Waals surface area contributed by atoms with E-state index in [9.17, 15) is 0 Å². The van der Waals surface area contributed by atoms with Gasteiger partial charge >= 0.3 is 0 Å². The molecule has 0 bridgehead atoms. The SMILES string of the molecule is CCCC(N)CCC(N)C(N)CCC. The molecule has 0 saturated heterocycles. The molecule has 6 N–H and O–H groups in total. The van der Waals surface area contributed by atoms with Crippen molar-refractivity contribution in [2.24, 2.45) is 17.2 Å². The van der Waals surface area contributed by atoms with Gasteiger partial charge in [-0.05, 0) is 25.7 Å². The lowest BCUT2D eigenvalue weighted by Crippen LogP contribution is -2.42. The molecule has 0 aromatic carbocycles. The largest absolute Gasteiger partial charge is 0.328 e. The summed E-state index contributed by atoms with van der Waals surface area (Å²) < 4.78 is 0. The van der Waals surface area contributed by atoms with Gasteiger partial charge in [0.25, 0.3) is 0 Å². The number of hydrogen-bond acceptors (Lipinski definition) is 3. The molecule has 0 radical (unpaired) electrons. The Labute approximate surface area is 88.4 Å². The van der Waals surface area contributed by atoms with Crippen LogP contribution in [0.4, 0.5) is 0 Å².